The van der Waals surface area contributed by atoms with Gasteiger partial charge in [-0.2, -0.15) is 0 Å². The Labute approximate surface area is 96.5 Å². The lowest BCUT2D eigenvalue weighted by Gasteiger charge is -2.29. The lowest BCUT2D eigenvalue weighted by Crippen LogP contribution is -2.30. The third kappa shape index (κ3) is 1.98. The lowest BCUT2D eigenvalue weighted by molar-refractivity contribution is -0.230. The molecular weight excluding hydrogens is 202 g/mol. The Morgan fingerprint density at radius 3 is 2.94 bits per heavy atom. The third-order valence-corrected chi connectivity index (χ3v) is 3.16. The first-order chi connectivity index (χ1) is 7.82. The highest BCUT2D eigenvalue weighted by Gasteiger charge is 2.39. The molecule has 0 bridgehead atoms. The summed E-state index contributed by atoms with van der Waals surface area (Å²) < 4.78 is 11.5. The maximum absolute atomic E-state index is 5.90. The zero-order valence-electron chi connectivity index (χ0n) is 9.74. The Morgan fingerprint density at radius 1 is 1.38 bits per heavy atom. The summed E-state index contributed by atoms with van der Waals surface area (Å²) in [5.74, 6) is -0.536. The van der Waals surface area contributed by atoms with Crippen molar-refractivity contribution in [3.63, 3.8) is 0 Å². The van der Waals surface area contributed by atoms with E-state index in [0.717, 1.165) is 19.3 Å². The zero-order chi connectivity index (χ0) is 11.4. The van der Waals surface area contributed by atoms with E-state index in [0.29, 0.717) is 13.2 Å². The quantitative estimate of drug-likeness (QED) is 0.609. The fourth-order valence-corrected chi connectivity index (χ4v) is 2.29. The minimum atomic E-state index is -0.536. The summed E-state index contributed by atoms with van der Waals surface area (Å²) >= 11 is 0. The molecule has 1 aromatic carbocycles. The zero-order valence-corrected chi connectivity index (χ0v) is 9.74. The van der Waals surface area contributed by atoms with Crippen LogP contribution in [0.1, 0.15) is 24.0 Å². The van der Waals surface area contributed by atoms with Crippen molar-refractivity contribution in [3.05, 3.63) is 35.4 Å². The van der Waals surface area contributed by atoms with Crippen LogP contribution in [0.25, 0.3) is 0 Å². The fourth-order valence-electron chi connectivity index (χ4n) is 2.29. The van der Waals surface area contributed by atoms with Gasteiger partial charge in [0.25, 0.3) is 0 Å². The van der Waals surface area contributed by atoms with E-state index in [1.165, 1.54) is 11.1 Å². The van der Waals surface area contributed by atoms with Gasteiger partial charge in [-0.15, -0.1) is 0 Å². The average molecular weight is 221 g/mol. The van der Waals surface area contributed by atoms with E-state index in [-0.39, 0.29) is 0 Å². The molecule has 0 heterocycles. The highest BCUT2D eigenvalue weighted by molar-refractivity contribution is 5.35. The van der Waals surface area contributed by atoms with E-state index in [9.17, 15) is 0 Å². The maximum Gasteiger partial charge on any atom is 0.195 e. The smallest absolute Gasteiger partial charge is 0.195 e. The predicted molar refractivity (Wildman–Crippen MR) is 63.1 cm³/mol. The molecule has 0 amide bonds. The highest BCUT2D eigenvalue weighted by Crippen LogP contribution is 2.40. The summed E-state index contributed by atoms with van der Waals surface area (Å²) in [5, 5.41) is 0. The molecule has 1 aliphatic rings. The van der Waals surface area contributed by atoms with Crippen molar-refractivity contribution in [2.45, 2.75) is 25.0 Å². The molecule has 0 fully saturated rings. The molecule has 1 atom stereocenters. The second-order valence-corrected chi connectivity index (χ2v) is 4.10. The Bertz CT molecular complexity index is 354. The summed E-state index contributed by atoms with van der Waals surface area (Å²) in [4.78, 5) is 0. The molecule has 1 aromatic rings. The molecule has 3 heteroatoms. The number of hydrogen-bond donors (Lipinski definition) is 1. The number of rotatable bonds is 5. The Balaban J connectivity index is 2.17. The summed E-state index contributed by atoms with van der Waals surface area (Å²) in [7, 11) is 1.71. The van der Waals surface area contributed by atoms with Crippen LogP contribution in [0.2, 0.25) is 0 Å². The second kappa shape index (κ2) is 4.95. The number of methoxy groups -OCH3 is 1. The molecule has 1 aliphatic carbocycles. The van der Waals surface area contributed by atoms with E-state index in [1.807, 2.05) is 6.07 Å². The van der Waals surface area contributed by atoms with Gasteiger partial charge in [0.1, 0.15) is 0 Å². The number of ether oxygens (including phenoxy) is 2. The summed E-state index contributed by atoms with van der Waals surface area (Å²) in [6, 6.07) is 8.32. The van der Waals surface area contributed by atoms with Crippen molar-refractivity contribution in [3.8, 4) is 0 Å². The van der Waals surface area contributed by atoms with Crippen LogP contribution in [0, 0.1) is 0 Å². The van der Waals surface area contributed by atoms with Gasteiger partial charge in [0.15, 0.2) is 5.79 Å². The van der Waals surface area contributed by atoms with E-state index < -0.39 is 5.79 Å². The fraction of sp³-hybridized carbons (Fsp3) is 0.538. The van der Waals surface area contributed by atoms with Crippen molar-refractivity contribution >= 4 is 0 Å². The first kappa shape index (κ1) is 11.6. The van der Waals surface area contributed by atoms with Crippen molar-refractivity contribution in [1.82, 2.24) is 0 Å². The normalized spacial score (nSPS) is 23.4. The van der Waals surface area contributed by atoms with Gasteiger partial charge in [-0.25, -0.2) is 0 Å². The van der Waals surface area contributed by atoms with Gasteiger partial charge in [0, 0.05) is 19.1 Å². The van der Waals surface area contributed by atoms with Gasteiger partial charge in [0.05, 0.1) is 6.61 Å². The van der Waals surface area contributed by atoms with Crippen LogP contribution in [0.3, 0.4) is 0 Å². The van der Waals surface area contributed by atoms with Gasteiger partial charge in [-0.1, -0.05) is 24.3 Å². The molecule has 0 radical (unpaired) electrons. The molecule has 0 aromatic heterocycles. The number of benzene rings is 1. The summed E-state index contributed by atoms with van der Waals surface area (Å²) in [6.07, 6.45) is 2.79. The lowest BCUT2D eigenvalue weighted by atomic mass is 10.1. The minimum absolute atomic E-state index is 0.536. The van der Waals surface area contributed by atoms with E-state index in [2.05, 4.69) is 18.2 Å². The molecule has 1 unspecified atom stereocenters. The molecule has 3 nitrogen and oxygen atoms in total. The van der Waals surface area contributed by atoms with Crippen LogP contribution in [-0.4, -0.2) is 20.3 Å². The average Bonchev–Trinajstić information content (AvgIpc) is 2.70. The van der Waals surface area contributed by atoms with E-state index in [4.69, 9.17) is 15.2 Å². The molecule has 2 rings (SSSR count). The Morgan fingerprint density at radius 2 is 2.19 bits per heavy atom. The largest absolute Gasteiger partial charge is 0.349 e. The molecule has 2 N–H and O–H groups in total. The van der Waals surface area contributed by atoms with Gasteiger partial charge >= 0.3 is 0 Å². The van der Waals surface area contributed by atoms with Crippen LogP contribution >= 0.6 is 0 Å². The summed E-state index contributed by atoms with van der Waals surface area (Å²) in [5.41, 5.74) is 7.98. The number of hydrogen-bond acceptors (Lipinski definition) is 3. The van der Waals surface area contributed by atoms with Crippen molar-refractivity contribution in [1.29, 1.82) is 0 Å². The number of aryl methyl sites for hydroxylation is 1. The molecule has 0 saturated heterocycles. The topological polar surface area (TPSA) is 44.5 Å². The van der Waals surface area contributed by atoms with Gasteiger partial charge in [0.2, 0.25) is 0 Å². The van der Waals surface area contributed by atoms with Crippen LogP contribution in [-0.2, 0) is 21.7 Å². The molecule has 0 aliphatic heterocycles. The Kier molecular flexibility index (Phi) is 3.59. The van der Waals surface area contributed by atoms with Crippen molar-refractivity contribution in [2.75, 3.05) is 20.3 Å². The Hall–Kier alpha value is -0.900. The standard InChI is InChI=1S/C13H19NO2/c1-15-13(16-10-4-9-14)8-7-11-5-2-3-6-12(11)13/h2-3,5-6H,4,7-10,14H2,1H3. The first-order valence-electron chi connectivity index (χ1n) is 5.80. The number of nitrogens with two attached hydrogens (primary N) is 1. The molecule has 16 heavy (non-hydrogen) atoms. The monoisotopic (exact) mass is 221 g/mol. The molecule has 0 saturated carbocycles. The highest BCUT2D eigenvalue weighted by atomic mass is 16.7. The summed E-state index contributed by atoms with van der Waals surface area (Å²) in [6.45, 7) is 1.31. The maximum atomic E-state index is 5.90. The van der Waals surface area contributed by atoms with E-state index >= 15 is 0 Å². The number of fused-ring (bicyclic) bond motifs is 1. The molecule has 0 spiro atoms. The predicted octanol–water partition coefficient (Wildman–Crippen LogP) is 1.80. The van der Waals surface area contributed by atoms with Crippen LogP contribution < -0.4 is 5.73 Å². The van der Waals surface area contributed by atoms with Crippen molar-refractivity contribution in [2.24, 2.45) is 5.73 Å². The van der Waals surface area contributed by atoms with Crippen LogP contribution in [0.15, 0.2) is 24.3 Å². The minimum Gasteiger partial charge on any atom is -0.349 e. The van der Waals surface area contributed by atoms with Crippen LogP contribution in [0.5, 0.6) is 0 Å². The third-order valence-electron chi connectivity index (χ3n) is 3.16. The van der Waals surface area contributed by atoms with Gasteiger partial charge < -0.3 is 15.2 Å². The van der Waals surface area contributed by atoms with Gasteiger partial charge in [-0.05, 0) is 24.9 Å². The van der Waals surface area contributed by atoms with Crippen LogP contribution in [0.4, 0.5) is 0 Å². The SMILES string of the molecule is COC1(OCCCN)CCc2ccccc21. The molecule has 88 valence electrons. The first-order valence-corrected chi connectivity index (χ1v) is 5.80. The van der Waals surface area contributed by atoms with Crippen molar-refractivity contribution < 1.29 is 9.47 Å². The van der Waals surface area contributed by atoms with E-state index in [1.54, 1.807) is 7.11 Å². The second-order valence-electron chi connectivity index (χ2n) is 4.10. The van der Waals surface area contributed by atoms with Gasteiger partial charge in [-0.3, -0.25) is 0 Å². The molecular formula is C13H19NO2.